The first-order valence-electron chi connectivity index (χ1n) is 11.2. The highest BCUT2D eigenvalue weighted by Crippen LogP contribution is 2.35. The Morgan fingerprint density at radius 1 is 1.00 bits per heavy atom. The van der Waals surface area contributed by atoms with Crippen LogP contribution in [-0.4, -0.2) is 40.7 Å². The van der Waals surface area contributed by atoms with E-state index in [-0.39, 0.29) is 18.4 Å². The SMILES string of the molecule is O=C1NC(=S)S/C1=C/c1ccc2c(c1)N(Cc1ccc(CN3CCCCC3)cc1)C(=O)CO2. The van der Waals surface area contributed by atoms with Gasteiger partial charge in [-0.15, -0.1) is 0 Å². The van der Waals surface area contributed by atoms with Gasteiger partial charge < -0.3 is 15.0 Å². The normalized spacial score (nSPS) is 20.1. The number of hydrogen-bond acceptors (Lipinski definition) is 6. The van der Waals surface area contributed by atoms with Gasteiger partial charge >= 0.3 is 0 Å². The third kappa shape index (κ3) is 5.13. The minimum absolute atomic E-state index is 0.0208. The minimum atomic E-state index is -0.198. The highest BCUT2D eigenvalue weighted by Gasteiger charge is 2.27. The van der Waals surface area contributed by atoms with Crippen LogP contribution in [0.1, 0.15) is 36.0 Å². The van der Waals surface area contributed by atoms with Crippen LogP contribution in [-0.2, 0) is 22.7 Å². The van der Waals surface area contributed by atoms with Crippen LogP contribution in [0, 0.1) is 0 Å². The monoisotopic (exact) mass is 479 g/mol. The number of nitrogens with one attached hydrogen (secondary N) is 1. The summed E-state index contributed by atoms with van der Waals surface area (Å²) in [5, 5.41) is 2.62. The first-order chi connectivity index (χ1) is 16.0. The van der Waals surface area contributed by atoms with Crippen molar-refractivity contribution in [2.75, 3.05) is 24.6 Å². The third-order valence-corrected chi connectivity index (χ3v) is 7.25. The summed E-state index contributed by atoms with van der Waals surface area (Å²) in [5.41, 5.74) is 3.90. The molecule has 2 saturated heterocycles. The Bertz CT molecular complexity index is 1120. The Hall–Kier alpha value is -2.68. The van der Waals surface area contributed by atoms with Crippen molar-refractivity contribution < 1.29 is 14.3 Å². The average molecular weight is 480 g/mol. The number of rotatable bonds is 5. The second-order valence-corrected chi connectivity index (χ2v) is 10.2. The molecule has 3 aliphatic rings. The largest absolute Gasteiger partial charge is 0.482 e. The van der Waals surface area contributed by atoms with Crippen LogP contribution in [0.15, 0.2) is 47.4 Å². The molecule has 2 aromatic carbocycles. The molecule has 0 saturated carbocycles. The zero-order valence-corrected chi connectivity index (χ0v) is 19.8. The highest BCUT2D eigenvalue weighted by atomic mass is 32.2. The molecule has 6 nitrogen and oxygen atoms in total. The van der Waals surface area contributed by atoms with E-state index in [4.69, 9.17) is 17.0 Å². The zero-order valence-electron chi connectivity index (χ0n) is 18.2. The van der Waals surface area contributed by atoms with Crippen molar-refractivity contribution in [3.8, 4) is 5.75 Å². The third-order valence-electron chi connectivity index (χ3n) is 6.08. The van der Waals surface area contributed by atoms with E-state index >= 15 is 0 Å². The molecule has 0 unspecified atom stereocenters. The number of thioether (sulfide) groups is 1. The number of nitrogens with zero attached hydrogens (tertiary/aromatic N) is 2. The molecule has 0 spiro atoms. The number of thiocarbonyl (C=S) groups is 1. The molecule has 2 fully saturated rings. The Morgan fingerprint density at radius 3 is 2.42 bits per heavy atom. The summed E-state index contributed by atoms with van der Waals surface area (Å²) in [6.07, 6.45) is 5.69. The van der Waals surface area contributed by atoms with E-state index in [9.17, 15) is 9.59 Å². The molecule has 170 valence electrons. The maximum atomic E-state index is 12.7. The average Bonchev–Trinajstić information content (AvgIpc) is 3.14. The lowest BCUT2D eigenvalue weighted by Gasteiger charge is -2.30. The topological polar surface area (TPSA) is 61.9 Å². The molecule has 8 heteroatoms. The number of hydrogen-bond donors (Lipinski definition) is 1. The van der Waals surface area contributed by atoms with Gasteiger partial charge in [-0.3, -0.25) is 14.5 Å². The standard InChI is InChI=1S/C25H25N3O3S2/c29-23-16-31-21-9-8-19(13-22-24(30)26-25(32)33-22)12-20(21)28(23)15-18-6-4-17(5-7-18)14-27-10-2-1-3-11-27/h4-9,12-13H,1-3,10-11,14-16H2,(H,26,30,32)/b22-13+. The molecule has 5 rings (SSSR count). The zero-order chi connectivity index (χ0) is 22.8. The summed E-state index contributed by atoms with van der Waals surface area (Å²) in [6.45, 7) is 3.81. The van der Waals surface area contributed by atoms with Crippen LogP contribution in [0.3, 0.4) is 0 Å². The van der Waals surface area contributed by atoms with E-state index < -0.39 is 0 Å². The van der Waals surface area contributed by atoms with Crippen LogP contribution in [0.2, 0.25) is 0 Å². The van der Waals surface area contributed by atoms with Crippen molar-refractivity contribution in [2.24, 2.45) is 0 Å². The van der Waals surface area contributed by atoms with E-state index in [1.807, 2.05) is 18.2 Å². The lowest BCUT2D eigenvalue weighted by molar-refractivity contribution is -0.121. The maximum absolute atomic E-state index is 12.7. The molecule has 1 N–H and O–H groups in total. The number of ether oxygens (including phenoxy) is 1. The molecule has 2 amide bonds. The number of likely N-dealkylation sites (tertiary alicyclic amines) is 1. The van der Waals surface area contributed by atoms with Gasteiger partial charge in [-0.05, 0) is 60.8 Å². The fraction of sp³-hybridized carbons (Fsp3) is 0.320. The van der Waals surface area contributed by atoms with Crippen molar-refractivity contribution in [3.63, 3.8) is 0 Å². The fourth-order valence-corrected chi connectivity index (χ4v) is 5.41. The van der Waals surface area contributed by atoms with E-state index in [1.54, 1.807) is 11.0 Å². The molecule has 3 heterocycles. The van der Waals surface area contributed by atoms with Gasteiger partial charge in [0.1, 0.15) is 10.1 Å². The number of carbonyl (C=O) groups excluding carboxylic acids is 2. The van der Waals surface area contributed by atoms with Crippen LogP contribution >= 0.6 is 24.0 Å². The number of anilines is 1. The Kier molecular flexibility index (Phi) is 6.48. The van der Waals surface area contributed by atoms with Gasteiger partial charge in [-0.1, -0.05) is 60.7 Å². The molecule has 0 aliphatic carbocycles. The summed E-state index contributed by atoms with van der Waals surface area (Å²) in [6, 6.07) is 14.1. The van der Waals surface area contributed by atoms with Crippen molar-refractivity contribution in [2.45, 2.75) is 32.4 Å². The van der Waals surface area contributed by atoms with Crippen molar-refractivity contribution in [1.82, 2.24) is 10.2 Å². The second kappa shape index (κ2) is 9.67. The quantitative estimate of drug-likeness (QED) is 0.515. The van der Waals surface area contributed by atoms with E-state index in [2.05, 4.69) is 34.5 Å². The number of carbonyl (C=O) groups is 2. The van der Waals surface area contributed by atoms with Crippen molar-refractivity contribution >= 4 is 51.9 Å². The number of piperidine rings is 1. The molecule has 0 atom stereocenters. The molecule has 2 aromatic rings. The second-order valence-electron chi connectivity index (χ2n) is 8.50. The summed E-state index contributed by atoms with van der Waals surface area (Å²) >= 11 is 6.30. The highest BCUT2D eigenvalue weighted by molar-refractivity contribution is 8.26. The first kappa shape index (κ1) is 22.1. The molecule has 0 aromatic heterocycles. The van der Waals surface area contributed by atoms with Crippen LogP contribution in [0.5, 0.6) is 5.75 Å². The molecule has 33 heavy (non-hydrogen) atoms. The number of benzene rings is 2. The molecular weight excluding hydrogens is 454 g/mol. The Balaban J connectivity index is 1.34. The van der Waals surface area contributed by atoms with E-state index in [0.29, 0.717) is 27.2 Å². The maximum Gasteiger partial charge on any atom is 0.265 e. The smallest absolute Gasteiger partial charge is 0.265 e. The van der Waals surface area contributed by atoms with Gasteiger partial charge in [0.25, 0.3) is 11.8 Å². The summed E-state index contributed by atoms with van der Waals surface area (Å²) in [4.78, 5) is 29.5. The number of fused-ring (bicyclic) bond motifs is 1. The van der Waals surface area contributed by atoms with E-state index in [1.165, 1.54) is 49.7 Å². The Labute approximate surface area is 203 Å². The predicted molar refractivity (Wildman–Crippen MR) is 135 cm³/mol. The molecular formula is C25H25N3O3S2. The summed E-state index contributed by atoms with van der Waals surface area (Å²) in [5.74, 6) is 0.382. The number of amides is 2. The Morgan fingerprint density at radius 2 is 1.73 bits per heavy atom. The van der Waals surface area contributed by atoms with Gasteiger partial charge in [0, 0.05) is 6.54 Å². The van der Waals surface area contributed by atoms with Crippen LogP contribution in [0.4, 0.5) is 5.69 Å². The van der Waals surface area contributed by atoms with Gasteiger partial charge in [0.15, 0.2) is 6.61 Å². The fourth-order valence-electron chi connectivity index (χ4n) is 4.36. The van der Waals surface area contributed by atoms with E-state index in [0.717, 1.165) is 17.7 Å². The minimum Gasteiger partial charge on any atom is -0.482 e. The van der Waals surface area contributed by atoms with Crippen molar-refractivity contribution in [3.05, 3.63) is 64.1 Å². The van der Waals surface area contributed by atoms with Gasteiger partial charge in [0.05, 0.1) is 17.1 Å². The van der Waals surface area contributed by atoms with Crippen LogP contribution < -0.4 is 15.0 Å². The molecule has 3 aliphatic heterocycles. The summed E-state index contributed by atoms with van der Waals surface area (Å²) < 4.78 is 6.10. The van der Waals surface area contributed by atoms with Gasteiger partial charge in [0.2, 0.25) is 0 Å². The molecule has 0 radical (unpaired) electrons. The lowest BCUT2D eigenvalue weighted by atomic mass is 10.1. The van der Waals surface area contributed by atoms with Gasteiger partial charge in [-0.25, -0.2) is 0 Å². The lowest BCUT2D eigenvalue weighted by Crippen LogP contribution is -2.38. The predicted octanol–water partition coefficient (Wildman–Crippen LogP) is 4.09. The van der Waals surface area contributed by atoms with Crippen molar-refractivity contribution in [1.29, 1.82) is 0 Å². The van der Waals surface area contributed by atoms with Gasteiger partial charge in [-0.2, -0.15) is 0 Å². The molecule has 0 bridgehead atoms. The summed E-state index contributed by atoms with van der Waals surface area (Å²) in [7, 11) is 0. The van der Waals surface area contributed by atoms with Crippen LogP contribution in [0.25, 0.3) is 6.08 Å². The first-order valence-corrected chi connectivity index (χ1v) is 12.4.